The van der Waals surface area contributed by atoms with Gasteiger partial charge in [-0.1, -0.05) is 11.6 Å². The first-order chi connectivity index (χ1) is 5.54. The topological polar surface area (TPSA) is 63.3 Å². The monoisotopic (exact) mass is 297 g/mol. The lowest BCUT2D eigenvalue weighted by Crippen LogP contribution is -2.05. The predicted molar refractivity (Wildman–Crippen MR) is 55.5 cm³/mol. The van der Waals surface area contributed by atoms with Crippen LogP contribution < -0.4 is 5.73 Å². The van der Waals surface area contributed by atoms with Gasteiger partial charge in [-0.05, 0) is 34.7 Å². The number of nitrogens with two attached hydrogens (primary N) is 1. The summed E-state index contributed by atoms with van der Waals surface area (Å²) in [6.45, 7) is 0. The fraction of sp³-hybridized carbons (Fsp3) is 0. The average Bonchev–Trinajstić information content (AvgIpc) is 1.97. The maximum Gasteiger partial charge on any atom is 0.338 e. The van der Waals surface area contributed by atoms with Crippen molar-refractivity contribution in [1.82, 2.24) is 0 Å². The molecular formula is C7H5ClINO2. The molecule has 5 heteroatoms. The van der Waals surface area contributed by atoms with Crippen molar-refractivity contribution in [3.8, 4) is 0 Å². The smallest absolute Gasteiger partial charge is 0.338 e. The average molecular weight is 297 g/mol. The second-order valence-electron chi connectivity index (χ2n) is 2.12. The Kier molecular flexibility index (Phi) is 2.79. The van der Waals surface area contributed by atoms with Crippen LogP contribution >= 0.6 is 34.2 Å². The molecule has 0 radical (unpaired) electrons. The van der Waals surface area contributed by atoms with Crippen molar-refractivity contribution >= 4 is 45.8 Å². The summed E-state index contributed by atoms with van der Waals surface area (Å²) < 4.78 is 0.585. The molecule has 0 saturated carbocycles. The van der Waals surface area contributed by atoms with Gasteiger partial charge >= 0.3 is 5.97 Å². The lowest BCUT2D eigenvalue weighted by atomic mass is 10.2. The Bertz CT molecular complexity index is 340. The van der Waals surface area contributed by atoms with Crippen LogP contribution in [0.15, 0.2) is 12.1 Å². The van der Waals surface area contributed by atoms with Gasteiger partial charge in [-0.25, -0.2) is 4.79 Å². The molecule has 0 amide bonds. The molecule has 0 aliphatic rings. The van der Waals surface area contributed by atoms with E-state index >= 15 is 0 Å². The van der Waals surface area contributed by atoms with Gasteiger partial charge in [0.05, 0.1) is 16.3 Å². The molecule has 64 valence electrons. The van der Waals surface area contributed by atoms with Gasteiger partial charge in [-0.15, -0.1) is 0 Å². The number of anilines is 1. The lowest BCUT2D eigenvalue weighted by molar-refractivity contribution is 0.0697. The van der Waals surface area contributed by atoms with Gasteiger partial charge in [0.1, 0.15) is 0 Å². The second kappa shape index (κ2) is 3.49. The molecule has 0 aromatic heterocycles. The summed E-state index contributed by atoms with van der Waals surface area (Å²) in [5.74, 6) is -1.06. The van der Waals surface area contributed by atoms with E-state index in [1.807, 2.05) is 22.6 Å². The highest BCUT2D eigenvalue weighted by Crippen LogP contribution is 2.26. The fourth-order valence-electron chi connectivity index (χ4n) is 0.785. The van der Waals surface area contributed by atoms with Gasteiger partial charge in [-0.3, -0.25) is 0 Å². The molecule has 0 aliphatic carbocycles. The van der Waals surface area contributed by atoms with Crippen molar-refractivity contribution in [1.29, 1.82) is 0 Å². The third-order valence-electron chi connectivity index (χ3n) is 1.36. The van der Waals surface area contributed by atoms with Crippen LogP contribution in [0.25, 0.3) is 0 Å². The summed E-state index contributed by atoms with van der Waals surface area (Å²) >= 11 is 7.54. The number of carbonyl (C=O) groups is 1. The van der Waals surface area contributed by atoms with E-state index < -0.39 is 5.97 Å². The van der Waals surface area contributed by atoms with Gasteiger partial charge in [-0.2, -0.15) is 0 Å². The van der Waals surface area contributed by atoms with Crippen LogP contribution in [0.3, 0.4) is 0 Å². The van der Waals surface area contributed by atoms with E-state index in [1.54, 1.807) is 12.1 Å². The number of benzene rings is 1. The maximum absolute atomic E-state index is 10.7. The Morgan fingerprint density at radius 3 is 2.58 bits per heavy atom. The summed E-state index contributed by atoms with van der Waals surface area (Å²) in [6, 6.07) is 3.19. The van der Waals surface area contributed by atoms with E-state index in [9.17, 15) is 4.79 Å². The molecule has 12 heavy (non-hydrogen) atoms. The molecule has 3 nitrogen and oxygen atoms in total. The van der Waals surface area contributed by atoms with Gasteiger partial charge in [0.15, 0.2) is 0 Å². The molecule has 1 aromatic carbocycles. The van der Waals surface area contributed by atoms with Crippen LogP contribution in [0.4, 0.5) is 5.69 Å². The number of rotatable bonds is 1. The van der Waals surface area contributed by atoms with Crippen LogP contribution in [0, 0.1) is 3.57 Å². The molecule has 0 aliphatic heterocycles. The molecular weight excluding hydrogens is 292 g/mol. The number of halogens is 2. The zero-order chi connectivity index (χ0) is 9.30. The number of nitrogen functional groups attached to an aromatic ring is 1. The number of carboxylic acids is 1. The van der Waals surface area contributed by atoms with Crippen LogP contribution in [-0.4, -0.2) is 11.1 Å². The van der Waals surface area contributed by atoms with E-state index in [4.69, 9.17) is 22.4 Å². The molecule has 1 aromatic rings. The number of hydrogen-bond donors (Lipinski definition) is 2. The minimum Gasteiger partial charge on any atom is -0.478 e. The third-order valence-corrected chi connectivity index (χ3v) is 2.58. The van der Waals surface area contributed by atoms with E-state index in [0.717, 1.165) is 0 Å². The third kappa shape index (κ3) is 1.64. The SMILES string of the molecule is Nc1c(Cl)ccc(I)c1C(=O)O. The molecule has 0 heterocycles. The van der Waals surface area contributed by atoms with Gasteiger partial charge < -0.3 is 10.8 Å². The molecule has 3 N–H and O–H groups in total. The van der Waals surface area contributed by atoms with E-state index in [0.29, 0.717) is 3.57 Å². The van der Waals surface area contributed by atoms with Crippen LogP contribution in [0.2, 0.25) is 5.02 Å². The van der Waals surface area contributed by atoms with Crippen molar-refractivity contribution in [2.75, 3.05) is 5.73 Å². The van der Waals surface area contributed by atoms with Crippen molar-refractivity contribution in [2.45, 2.75) is 0 Å². The number of hydrogen-bond acceptors (Lipinski definition) is 2. The molecule has 0 atom stereocenters. The Hall–Kier alpha value is -0.490. The molecule has 0 saturated heterocycles. The lowest BCUT2D eigenvalue weighted by Gasteiger charge is -2.04. The summed E-state index contributed by atoms with van der Waals surface area (Å²) in [4.78, 5) is 10.7. The summed E-state index contributed by atoms with van der Waals surface area (Å²) in [7, 11) is 0. The predicted octanol–water partition coefficient (Wildman–Crippen LogP) is 2.23. The highest BCUT2D eigenvalue weighted by Gasteiger charge is 2.14. The first kappa shape index (κ1) is 9.60. The van der Waals surface area contributed by atoms with Crippen molar-refractivity contribution in [3.63, 3.8) is 0 Å². The van der Waals surface area contributed by atoms with Crippen LogP contribution in [0.5, 0.6) is 0 Å². The molecule has 0 fully saturated rings. The van der Waals surface area contributed by atoms with E-state index in [2.05, 4.69) is 0 Å². The van der Waals surface area contributed by atoms with Crippen molar-refractivity contribution in [3.05, 3.63) is 26.3 Å². The Balaban J connectivity index is 3.43. The zero-order valence-corrected chi connectivity index (χ0v) is 8.76. The Labute approximate surface area is 87.7 Å². The largest absolute Gasteiger partial charge is 0.478 e. The first-order valence-corrected chi connectivity index (χ1v) is 4.46. The van der Waals surface area contributed by atoms with Gasteiger partial charge in [0.25, 0.3) is 0 Å². The maximum atomic E-state index is 10.7. The summed E-state index contributed by atoms with van der Waals surface area (Å²) in [6.07, 6.45) is 0. The van der Waals surface area contributed by atoms with Crippen LogP contribution in [-0.2, 0) is 0 Å². The first-order valence-electron chi connectivity index (χ1n) is 3.01. The number of aromatic carboxylic acids is 1. The van der Waals surface area contributed by atoms with E-state index in [1.165, 1.54) is 0 Å². The Morgan fingerprint density at radius 2 is 2.17 bits per heavy atom. The molecule has 0 spiro atoms. The van der Waals surface area contributed by atoms with Gasteiger partial charge in [0, 0.05) is 3.57 Å². The second-order valence-corrected chi connectivity index (χ2v) is 3.69. The quantitative estimate of drug-likeness (QED) is 0.617. The minimum absolute atomic E-state index is 0.0723. The van der Waals surface area contributed by atoms with E-state index in [-0.39, 0.29) is 16.3 Å². The van der Waals surface area contributed by atoms with Crippen molar-refractivity contribution in [2.24, 2.45) is 0 Å². The summed E-state index contributed by atoms with van der Waals surface area (Å²) in [5.41, 5.74) is 5.66. The fourth-order valence-corrected chi connectivity index (χ4v) is 1.64. The minimum atomic E-state index is -1.06. The van der Waals surface area contributed by atoms with Crippen LogP contribution in [0.1, 0.15) is 10.4 Å². The Morgan fingerprint density at radius 1 is 1.58 bits per heavy atom. The zero-order valence-electron chi connectivity index (χ0n) is 5.84. The highest BCUT2D eigenvalue weighted by atomic mass is 127. The number of carboxylic acid groups (broad SMARTS) is 1. The highest BCUT2D eigenvalue weighted by molar-refractivity contribution is 14.1. The summed E-state index contributed by atoms with van der Waals surface area (Å²) in [5, 5.41) is 9.00. The molecule has 0 bridgehead atoms. The van der Waals surface area contributed by atoms with Gasteiger partial charge in [0.2, 0.25) is 0 Å². The molecule has 1 rings (SSSR count). The normalized spacial score (nSPS) is 9.83. The van der Waals surface area contributed by atoms with Crippen molar-refractivity contribution < 1.29 is 9.90 Å². The molecule has 0 unspecified atom stereocenters. The standard InChI is InChI=1S/C7H5ClINO2/c8-3-1-2-4(9)5(6(3)10)7(11)12/h1-2H,10H2,(H,11,12).